The summed E-state index contributed by atoms with van der Waals surface area (Å²) in [6.45, 7) is 0. The third-order valence-corrected chi connectivity index (χ3v) is 4.11. The predicted octanol–water partition coefficient (Wildman–Crippen LogP) is 2.90. The zero-order valence-corrected chi connectivity index (χ0v) is 9.27. The van der Waals surface area contributed by atoms with Crippen molar-refractivity contribution < 1.29 is 0 Å². The Morgan fingerprint density at radius 3 is 2.94 bits per heavy atom. The molecule has 80 valence electrons. The maximum Gasteiger partial charge on any atom is 0.0485 e. The van der Waals surface area contributed by atoms with Crippen molar-refractivity contribution in [3.63, 3.8) is 0 Å². The fourth-order valence-electron chi connectivity index (χ4n) is 3.39. The number of aromatic nitrogens is 1. The number of nitrogens with zero attached hydrogens (tertiary/aromatic N) is 1. The number of fused-ring (bicyclic) bond motifs is 4. The average molecular weight is 210 g/mol. The first-order chi connectivity index (χ1) is 7.75. The van der Waals surface area contributed by atoms with E-state index in [4.69, 9.17) is 5.73 Å². The Bertz CT molecular complexity index is 634. The van der Waals surface area contributed by atoms with E-state index in [1.165, 1.54) is 28.5 Å². The summed E-state index contributed by atoms with van der Waals surface area (Å²) >= 11 is 0. The second-order valence-corrected chi connectivity index (χ2v) is 4.99. The van der Waals surface area contributed by atoms with E-state index in [1.54, 1.807) is 0 Å². The van der Waals surface area contributed by atoms with Crippen molar-refractivity contribution in [1.82, 2.24) is 4.57 Å². The van der Waals surface area contributed by atoms with E-state index in [2.05, 4.69) is 36.0 Å². The van der Waals surface area contributed by atoms with E-state index in [9.17, 15) is 0 Å². The van der Waals surface area contributed by atoms with Gasteiger partial charge in [0, 0.05) is 41.7 Å². The Labute approximate surface area is 94.4 Å². The summed E-state index contributed by atoms with van der Waals surface area (Å²) in [7, 11) is 2.12. The maximum atomic E-state index is 6.15. The van der Waals surface area contributed by atoms with E-state index < -0.39 is 0 Å². The third kappa shape index (κ3) is 0.800. The molecule has 0 amide bonds. The van der Waals surface area contributed by atoms with Crippen molar-refractivity contribution in [3.8, 4) is 0 Å². The van der Waals surface area contributed by atoms with Crippen LogP contribution in [0.15, 0.2) is 30.5 Å². The van der Waals surface area contributed by atoms with Crippen LogP contribution in [-0.2, 0) is 7.05 Å². The van der Waals surface area contributed by atoms with Crippen LogP contribution in [0.1, 0.15) is 29.4 Å². The molecule has 2 nitrogen and oxygen atoms in total. The van der Waals surface area contributed by atoms with E-state index in [-0.39, 0.29) is 0 Å². The number of aryl methyl sites for hydroxylation is 1. The van der Waals surface area contributed by atoms with Crippen molar-refractivity contribution in [2.24, 2.45) is 7.05 Å². The minimum atomic E-state index is 0.545. The molecule has 1 heterocycles. The highest BCUT2D eigenvalue weighted by atomic mass is 14.9. The van der Waals surface area contributed by atoms with Gasteiger partial charge in [-0.1, -0.05) is 12.2 Å². The van der Waals surface area contributed by atoms with Crippen LogP contribution in [0.2, 0.25) is 0 Å². The highest BCUT2D eigenvalue weighted by Gasteiger charge is 2.33. The maximum absolute atomic E-state index is 6.15. The number of anilines is 1. The molecule has 0 fully saturated rings. The fourth-order valence-corrected chi connectivity index (χ4v) is 3.39. The lowest BCUT2D eigenvalue weighted by molar-refractivity contribution is 0.712. The summed E-state index contributed by atoms with van der Waals surface area (Å²) in [5.41, 5.74) is 11.2. The van der Waals surface area contributed by atoms with Crippen LogP contribution >= 0.6 is 0 Å². The Kier molecular flexibility index (Phi) is 1.33. The summed E-state index contributed by atoms with van der Waals surface area (Å²) in [6.07, 6.45) is 8.15. The molecule has 2 bridgehead atoms. The van der Waals surface area contributed by atoms with Gasteiger partial charge in [-0.15, -0.1) is 0 Å². The van der Waals surface area contributed by atoms with Gasteiger partial charge in [0.25, 0.3) is 0 Å². The minimum Gasteiger partial charge on any atom is -0.398 e. The first-order valence-corrected chi connectivity index (χ1v) is 5.81. The van der Waals surface area contributed by atoms with Gasteiger partial charge >= 0.3 is 0 Å². The zero-order chi connectivity index (χ0) is 10.9. The van der Waals surface area contributed by atoms with Gasteiger partial charge in [-0.2, -0.15) is 0 Å². The first-order valence-electron chi connectivity index (χ1n) is 5.81. The van der Waals surface area contributed by atoms with Crippen molar-refractivity contribution >= 4 is 16.6 Å². The van der Waals surface area contributed by atoms with Gasteiger partial charge in [0.1, 0.15) is 0 Å². The Hall–Kier alpha value is -1.70. The lowest BCUT2D eigenvalue weighted by Crippen LogP contribution is -2.06. The van der Waals surface area contributed by atoms with Crippen LogP contribution in [-0.4, -0.2) is 4.57 Å². The van der Waals surface area contributed by atoms with E-state index >= 15 is 0 Å². The number of allylic oxidation sites excluding steroid dienone is 2. The number of nitrogen functional groups attached to an aromatic ring is 1. The van der Waals surface area contributed by atoms with E-state index in [0.29, 0.717) is 11.8 Å². The summed E-state index contributed by atoms with van der Waals surface area (Å²) < 4.78 is 2.22. The standard InChI is InChI=1S/C14H14N2/c1-16-7-10-8-2-3-9(6-8)13-11(15)4-5-12(16)14(10)13/h2-5,7-9H,6,15H2,1H3. The molecule has 4 rings (SSSR count). The topological polar surface area (TPSA) is 30.9 Å². The average Bonchev–Trinajstić information content (AvgIpc) is 2.81. The molecule has 2 aliphatic carbocycles. The molecular formula is C14H14N2. The van der Waals surface area contributed by atoms with Gasteiger partial charge in [0.15, 0.2) is 0 Å². The summed E-state index contributed by atoms with van der Waals surface area (Å²) in [5, 5.41) is 1.41. The number of hydrogen-bond donors (Lipinski definition) is 1. The molecule has 0 aliphatic heterocycles. The molecule has 2 atom stereocenters. The lowest BCUT2D eigenvalue weighted by atomic mass is 9.82. The van der Waals surface area contributed by atoms with Crippen molar-refractivity contribution in [3.05, 3.63) is 41.6 Å². The van der Waals surface area contributed by atoms with Gasteiger partial charge in [0.2, 0.25) is 0 Å². The van der Waals surface area contributed by atoms with Crippen molar-refractivity contribution in [2.75, 3.05) is 5.73 Å². The quantitative estimate of drug-likeness (QED) is 0.526. The molecule has 2 aromatic rings. The monoisotopic (exact) mass is 210 g/mol. The smallest absolute Gasteiger partial charge is 0.0485 e. The molecule has 2 heteroatoms. The zero-order valence-electron chi connectivity index (χ0n) is 9.27. The second-order valence-electron chi connectivity index (χ2n) is 4.99. The van der Waals surface area contributed by atoms with Crippen LogP contribution < -0.4 is 5.73 Å². The normalized spacial score (nSPS) is 25.6. The van der Waals surface area contributed by atoms with Crippen LogP contribution in [0.5, 0.6) is 0 Å². The van der Waals surface area contributed by atoms with Crippen LogP contribution in [0.4, 0.5) is 5.69 Å². The lowest BCUT2D eigenvalue weighted by Gasteiger charge is -2.22. The Balaban J connectivity index is 2.25. The molecule has 0 saturated heterocycles. The van der Waals surface area contributed by atoms with E-state index in [0.717, 1.165) is 5.69 Å². The van der Waals surface area contributed by atoms with Crippen LogP contribution in [0.3, 0.4) is 0 Å². The molecule has 0 spiro atoms. The van der Waals surface area contributed by atoms with Crippen molar-refractivity contribution in [1.29, 1.82) is 0 Å². The molecule has 2 unspecified atom stereocenters. The first kappa shape index (κ1) is 8.45. The molecule has 16 heavy (non-hydrogen) atoms. The van der Waals surface area contributed by atoms with Crippen LogP contribution in [0, 0.1) is 0 Å². The van der Waals surface area contributed by atoms with Crippen molar-refractivity contribution in [2.45, 2.75) is 18.3 Å². The highest BCUT2D eigenvalue weighted by molar-refractivity contribution is 5.94. The second kappa shape index (κ2) is 2.51. The largest absolute Gasteiger partial charge is 0.398 e. The summed E-state index contributed by atoms with van der Waals surface area (Å²) in [4.78, 5) is 0. The molecule has 2 N–H and O–H groups in total. The Morgan fingerprint density at radius 1 is 1.25 bits per heavy atom. The molecule has 1 aromatic heterocycles. The van der Waals surface area contributed by atoms with E-state index in [1.807, 2.05) is 6.07 Å². The fraction of sp³-hybridized carbons (Fsp3) is 0.286. The predicted molar refractivity (Wildman–Crippen MR) is 66.6 cm³/mol. The number of benzene rings is 1. The number of nitrogens with two attached hydrogens (primary N) is 1. The third-order valence-electron chi connectivity index (χ3n) is 4.11. The van der Waals surface area contributed by atoms with Gasteiger partial charge < -0.3 is 10.3 Å². The molecule has 0 saturated carbocycles. The molecule has 1 aromatic carbocycles. The molecule has 2 aliphatic rings. The summed E-state index contributed by atoms with van der Waals surface area (Å²) in [5.74, 6) is 1.16. The number of hydrogen-bond acceptors (Lipinski definition) is 1. The van der Waals surface area contributed by atoms with Crippen LogP contribution in [0.25, 0.3) is 10.9 Å². The van der Waals surface area contributed by atoms with Gasteiger partial charge in [-0.3, -0.25) is 0 Å². The summed E-state index contributed by atoms with van der Waals surface area (Å²) in [6, 6.07) is 4.19. The Morgan fingerprint density at radius 2 is 2.06 bits per heavy atom. The molecular weight excluding hydrogens is 196 g/mol. The minimum absolute atomic E-state index is 0.545. The van der Waals surface area contributed by atoms with Gasteiger partial charge in [-0.05, 0) is 29.7 Å². The number of rotatable bonds is 0. The highest BCUT2D eigenvalue weighted by Crippen LogP contribution is 2.50. The van der Waals surface area contributed by atoms with Gasteiger partial charge in [0.05, 0.1) is 0 Å². The molecule has 0 radical (unpaired) electrons. The van der Waals surface area contributed by atoms with Gasteiger partial charge in [-0.25, -0.2) is 0 Å². The SMILES string of the molecule is Cn1cc2c3c(c(N)ccc31)C1C=CC2C1.